The molecule has 4 heteroatoms. The number of benzene rings is 1. The fraction of sp³-hybridized carbons (Fsp3) is 0.632. The van der Waals surface area contributed by atoms with Gasteiger partial charge in [0, 0.05) is 12.2 Å². The maximum atomic E-state index is 11.7. The lowest BCUT2D eigenvalue weighted by atomic mass is 9.85. The quantitative estimate of drug-likeness (QED) is 0.584. The van der Waals surface area contributed by atoms with E-state index in [2.05, 4.69) is 20.8 Å². The second-order valence-electron chi connectivity index (χ2n) is 7.07. The van der Waals surface area contributed by atoms with E-state index in [0.29, 0.717) is 18.8 Å². The Morgan fingerprint density at radius 1 is 1.22 bits per heavy atom. The van der Waals surface area contributed by atoms with Crippen molar-refractivity contribution >= 4 is 5.78 Å². The maximum Gasteiger partial charge on any atom is 0.159 e. The molecule has 1 fully saturated rings. The van der Waals surface area contributed by atoms with Gasteiger partial charge in [0.2, 0.25) is 0 Å². The van der Waals surface area contributed by atoms with Gasteiger partial charge in [-0.15, -0.1) is 0 Å². The van der Waals surface area contributed by atoms with E-state index in [4.69, 9.17) is 14.2 Å². The number of carbonyl (C=O) groups is 1. The normalized spacial score (nSPS) is 18.7. The number of rotatable bonds is 6. The molecule has 0 N–H and O–H groups in total. The first-order valence-electron chi connectivity index (χ1n) is 8.39. The number of hydrogen-bond donors (Lipinski definition) is 0. The number of Topliss-reactive ketones (excluding diaryl/α,β-unsaturated/α-hetero) is 1. The topological polar surface area (TPSA) is 44.8 Å². The van der Waals surface area contributed by atoms with Gasteiger partial charge in [-0.1, -0.05) is 20.8 Å². The summed E-state index contributed by atoms with van der Waals surface area (Å²) in [6.07, 6.45) is 3.12. The summed E-state index contributed by atoms with van der Waals surface area (Å²) in [7, 11) is 0. The Labute approximate surface area is 139 Å². The van der Waals surface area contributed by atoms with Gasteiger partial charge >= 0.3 is 0 Å². The Balaban J connectivity index is 1.93. The van der Waals surface area contributed by atoms with Gasteiger partial charge in [0.15, 0.2) is 12.1 Å². The molecule has 0 radical (unpaired) electrons. The van der Waals surface area contributed by atoms with Crippen LogP contribution in [0.3, 0.4) is 0 Å². The molecule has 0 aliphatic carbocycles. The number of ether oxygens (including phenoxy) is 3. The number of hydrogen-bond acceptors (Lipinski definition) is 4. The monoisotopic (exact) mass is 320 g/mol. The lowest BCUT2D eigenvalue weighted by molar-refractivity contribution is -0.165. The van der Waals surface area contributed by atoms with Crippen molar-refractivity contribution < 1.29 is 19.0 Å². The Morgan fingerprint density at radius 2 is 2.00 bits per heavy atom. The standard InChI is InChI=1S/C19H28O4/c1-14(20)15-11-16(19(2,3)4)13-17(12-15)21-9-10-23-18-7-5-6-8-22-18/h11-13,18H,5-10H2,1-4H3. The highest BCUT2D eigenvalue weighted by Crippen LogP contribution is 2.28. The third-order valence-electron chi connectivity index (χ3n) is 3.97. The molecule has 1 aromatic carbocycles. The van der Waals surface area contributed by atoms with Gasteiger partial charge in [0.25, 0.3) is 0 Å². The first kappa shape index (κ1) is 18.0. The average Bonchev–Trinajstić information content (AvgIpc) is 2.51. The van der Waals surface area contributed by atoms with Crippen LogP contribution >= 0.6 is 0 Å². The Morgan fingerprint density at radius 3 is 2.61 bits per heavy atom. The Bertz CT molecular complexity index is 525. The summed E-state index contributed by atoms with van der Waals surface area (Å²) in [6.45, 7) is 9.67. The predicted molar refractivity (Wildman–Crippen MR) is 90.2 cm³/mol. The summed E-state index contributed by atoms with van der Waals surface area (Å²) in [5, 5.41) is 0. The summed E-state index contributed by atoms with van der Waals surface area (Å²) in [4.78, 5) is 11.7. The first-order valence-corrected chi connectivity index (χ1v) is 8.39. The molecule has 4 nitrogen and oxygen atoms in total. The van der Waals surface area contributed by atoms with E-state index in [9.17, 15) is 4.79 Å². The van der Waals surface area contributed by atoms with Gasteiger partial charge in [0.1, 0.15) is 12.4 Å². The maximum absolute atomic E-state index is 11.7. The highest BCUT2D eigenvalue weighted by atomic mass is 16.7. The van der Waals surface area contributed by atoms with E-state index in [0.717, 1.165) is 37.2 Å². The van der Waals surface area contributed by atoms with Crippen molar-refractivity contribution in [2.75, 3.05) is 19.8 Å². The zero-order valence-electron chi connectivity index (χ0n) is 14.7. The molecule has 128 valence electrons. The van der Waals surface area contributed by atoms with Crippen molar-refractivity contribution in [1.29, 1.82) is 0 Å². The van der Waals surface area contributed by atoms with Crippen LogP contribution in [-0.2, 0) is 14.9 Å². The fourth-order valence-corrected chi connectivity index (χ4v) is 2.50. The molecule has 2 rings (SSSR count). The van der Waals surface area contributed by atoms with E-state index in [1.165, 1.54) is 0 Å². The molecule has 1 saturated heterocycles. The smallest absolute Gasteiger partial charge is 0.159 e. The van der Waals surface area contributed by atoms with Crippen molar-refractivity contribution in [1.82, 2.24) is 0 Å². The van der Waals surface area contributed by atoms with Crippen molar-refractivity contribution in [3.05, 3.63) is 29.3 Å². The van der Waals surface area contributed by atoms with Crippen LogP contribution in [0.15, 0.2) is 18.2 Å². The van der Waals surface area contributed by atoms with E-state index in [-0.39, 0.29) is 17.5 Å². The molecule has 1 heterocycles. The molecule has 0 aromatic heterocycles. The minimum Gasteiger partial charge on any atom is -0.491 e. The average molecular weight is 320 g/mol. The minimum absolute atomic E-state index is 0.0317. The lowest BCUT2D eigenvalue weighted by Crippen LogP contribution is -2.24. The van der Waals surface area contributed by atoms with Gasteiger partial charge in [-0.25, -0.2) is 0 Å². The number of ketones is 1. The molecular formula is C19H28O4. The molecule has 1 aliphatic heterocycles. The summed E-state index contributed by atoms with van der Waals surface area (Å²) < 4.78 is 17.0. The zero-order valence-corrected chi connectivity index (χ0v) is 14.7. The highest BCUT2D eigenvalue weighted by Gasteiger charge is 2.17. The van der Waals surface area contributed by atoms with Crippen molar-refractivity contribution in [3.63, 3.8) is 0 Å². The van der Waals surface area contributed by atoms with Crippen LogP contribution in [0.5, 0.6) is 5.75 Å². The van der Waals surface area contributed by atoms with Gasteiger partial charge < -0.3 is 14.2 Å². The largest absolute Gasteiger partial charge is 0.491 e. The van der Waals surface area contributed by atoms with Crippen LogP contribution in [0.2, 0.25) is 0 Å². The third kappa shape index (κ3) is 5.63. The summed E-state index contributed by atoms with van der Waals surface area (Å²) in [5.41, 5.74) is 1.75. The lowest BCUT2D eigenvalue weighted by Gasteiger charge is -2.23. The van der Waals surface area contributed by atoms with E-state index >= 15 is 0 Å². The molecule has 1 unspecified atom stereocenters. The van der Waals surface area contributed by atoms with Crippen LogP contribution in [-0.4, -0.2) is 31.9 Å². The molecule has 1 aromatic rings. The molecule has 0 amide bonds. The van der Waals surface area contributed by atoms with Gasteiger partial charge in [-0.05, 0) is 55.4 Å². The minimum atomic E-state index is -0.0963. The Kier molecular flexibility index (Phi) is 6.19. The van der Waals surface area contributed by atoms with Gasteiger partial charge in [0.05, 0.1) is 6.61 Å². The molecule has 23 heavy (non-hydrogen) atoms. The van der Waals surface area contributed by atoms with Crippen LogP contribution in [0, 0.1) is 0 Å². The molecule has 1 atom stereocenters. The van der Waals surface area contributed by atoms with E-state index in [1.54, 1.807) is 13.0 Å². The molecule has 0 spiro atoms. The molecule has 0 bridgehead atoms. The first-order chi connectivity index (χ1) is 10.9. The molecular weight excluding hydrogens is 292 g/mol. The number of carbonyl (C=O) groups excluding carboxylic acids is 1. The second kappa shape index (κ2) is 7.93. The summed E-state index contributed by atoms with van der Waals surface area (Å²) in [6, 6.07) is 5.75. The summed E-state index contributed by atoms with van der Waals surface area (Å²) >= 11 is 0. The van der Waals surface area contributed by atoms with Crippen molar-refractivity contribution in [3.8, 4) is 5.75 Å². The third-order valence-corrected chi connectivity index (χ3v) is 3.97. The van der Waals surface area contributed by atoms with Crippen molar-refractivity contribution in [2.24, 2.45) is 0 Å². The van der Waals surface area contributed by atoms with Crippen LogP contribution < -0.4 is 4.74 Å². The fourth-order valence-electron chi connectivity index (χ4n) is 2.50. The van der Waals surface area contributed by atoms with E-state index in [1.807, 2.05) is 12.1 Å². The highest BCUT2D eigenvalue weighted by molar-refractivity contribution is 5.94. The summed E-state index contributed by atoms with van der Waals surface area (Å²) in [5.74, 6) is 0.767. The molecule has 0 saturated carbocycles. The van der Waals surface area contributed by atoms with Crippen molar-refractivity contribution in [2.45, 2.75) is 58.7 Å². The Hall–Kier alpha value is -1.39. The van der Waals surface area contributed by atoms with E-state index < -0.39 is 0 Å². The second-order valence-corrected chi connectivity index (χ2v) is 7.07. The SMILES string of the molecule is CC(=O)c1cc(OCCOC2CCCCO2)cc(C(C)(C)C)c1. The van der Waals surface area contributed by atoms with Crippen LogP contribution in [0.25, 0.3) is 0 Å². The van der Waals surface area contributed by atoms with Gasteiger partial charge in [-0.3, -0.25) is 4.79 Å². The van der Waals surface area contributed by atoms with Gasteiger partial charge in [-0.2, -0.15) is 0 Å². The molecule has 1 aliphatic rings. The van der Waals surface area contributed by atoms with Crippen LogP contribution in [0.4, 0.5) is 0 Å². The van der Waals surface area contributed by atoms with Crippen LogP contribution in [0.1, 0.15) is 62.9 Å². The zero-order chi connectivity index (χ0) is 16.9. The predicted octanol–water partition coefficient (Wildman–Crippen LogP) is 4.11.